The van der Waals surface area contributed by atoms with Gasteiger partial charge in [0.05, 0.1) is 12.7 Å². The molecule has 1 aromatic rings. The van der Waals surface area contributed by atoms with Gasteiger partial charge in [-0.3, -0.25) is 0 Å². The van der Waals surface area contributed by atoms with Crippen LogP contribution in [-0.4, -0.2) is 25.3 Å². The monoisotopic (exact) mass is 261 g/mol. The Labute approximate surface area is 113 Å². The van der Waals surface area contributed by atoms with Gasteiger partial charge in [-0.15, -0.1) is 0 Å². The second kappa shape index (κ2) is 6.95. The molecule has 0 unspecified atom stereocenters. The number of alkyl carbamates (subject to hydrolysis) is 1. The number of carbonyl (C=O) groups excluding carboxylic acids is 1. The summed E-state index contributed by atoms with van der Waals surface area (Å²) in [6.45, 7) is 3.54. The molecule has 1 aliphatic heterocycles. The van der Waals surface area contributed by atoms with Gasteiger partial charge in [0.1, 0.15) is 6.61 Å². The molecule has 0 saturated heterocycles. The number of amides is 1. The second-order valence-electron chi connectivity index (χ2n) is 4.65. The second-order valence-corrected chi connectivity index (χ2v) is 4.65. The Morgan fingerprint density at radius 2 is 2.26 bits per heavy atom. The summed E-state index contributed by atoms with van der Waals surface area (Å²) in [5.41, 5.74) is 0.979. The van der Waals surface area contributed by atoms with E-state index in [0.29, 0.717) is 19.8 Å². The highest BCUT2D eigenvalue weighted by atomic mass is 16.5. The molecule has 4 heteroatoms. The Bertz CT molecular complexity index is 430. The summed E-state index contributed by atoms with van der Waals surface area (Å²) in [4.78, 5) is 11.5. The van der Waals surface area contributed by atoms with Crippen LogP contribution in [0.5, 0.6) is 0 Å². The Kier molecular flexibility index (Phi) is 4.98. The lowest BCUT2D eigenvalue weighted by atomic mass is 10.1. The average molecular weight is 261 g/mol. The zero-order valence-electron chi connectivity index (χ0n) is 11.0. The lowest BCUT2D eigenvalue weighted by Crippen LogP contribution is -2.33. The van der Waals surface area contributed by atoms with E-state index in [9.17, 15) is 4.79 Å². The Balaban J connectivity index is 1.65. The first kappa shape index (κ1) is 13.6. The van der Waals surface area contributed by atoms with Crippen LogP contribution in [0.4, 0.5) is 4.79 Å². The van der Waals surface area contributed by atoms with E-state index in [-0.39, 0.29) is 12.0 Å². The lowest BCUT2D eigenvalue weighted by molar-refractivity contribution is 0.0842. The summed E-state index contributed by atoms with van der Waals surface area (Å²) < 4.78 is 10.6. The number of benzene rings is 1. The number of hydrogen-bond acceptors (Lipinski definition) is 3. The topological polar surface area (TPSA) is 47.6 Å². The molecule has 0 aliphatic carbocycles. The minimum absolute atomic E-state index is 0.0921. The maximum atomic E-state index is 11.5. The highest BCUT2D eigenvalue weighted by Crippen LogP contribution is 2.13. The van der Waals surface area contributed by atoms with Crippen LogP contribution in [0.3, 0.4) is 0 Å². The summed E-state index contributed by atoms with van der Waals surface area (Å²) in [7, 11) is 0. The fraction of sp³-hybridized carbons (Fsp3) is 0.400. The van der Waals surface area contributed by atoms with Crippen molar-refractivity contribution in [2.45, 2.75) is 19.6 Å². The van der Waals surface area contributed by atoms with Crippen molar-refractivity contribution in [3.63, 3.8) is 0 Å². The summed E-state index contributed by atoms with van der Waals surface area (Å²) in [6, 6.07) is 9.62. The molecule has 0 aromatic heterocycles. The summed E-state index contributed by atoms with van der Waals surface area (Å²) in [6.07, 6.45) is 3.73. The minimum Gasteiger partial charge on any atom is -0.445 e. The van der Waals surface area contributed by atoms with Gasteiger partial charge in [-0.25, -0.2) is 4.79 Å². The maximum absolute atomic E-state index is 11.5. The summed E-state index contributed by atoms with van der Waals surface area (Å²) in [5.74, 6) is 0.239. The van der Waals surface area contributed by atoms with Crippen LogP contribution in [0.25, 0.3) is 0 Å². The Morgan fingerprint density at radius 1 is 1.47 bits per heavy atom. The largest absolute Gasteiger partial charge is 0.445 e. The minimum atomic E-state index is -0.391. The molecule has 0 saturated carbocycles. The van der Waals surface area contributed by atoms with E-state index in [1.807, 2.05) is 49.4 Å². The van der Waals surface area contributed by atoms with E-state index in [4.69, 9.17) is 9.47 Å². The smallest absolute Gasteiger partial charge is 0.407 e. The van der Waals surface area contributed by atoms with Crippen LogP contribution in [0.15, 0.2) is 42.5 Å². The fourth-order valence-electron chi connectivity index (χ4n) is 1.90. The first-order valence-electron chi connectivity index (χ1n) is 6.48. The van der Waals surface area contributed by atoms with Gasteiger partial charge in [0.25, 0.3) is 0 Å². The molecule has 1 N–H and O–H groups in total. The molecule has 1 amide bonds. The van der Waals surface area contributed by atoms with Crippen molar-refractivity contribution in [2.24, 2.45) is 5.92 Å². The average Bonchev–Trinajstić information content (AvgIpc) is 2.98. The third-order valence-corrected chi connectivity index (χ3v) is 3.05. The van der Waals surface area contributed by atoms with Crippen molar-refractivity contribution in [1.82, 2.24) is 5.32 Å². The molecule has 0 fully saturated rings. The van der Waals surface area contributed by atoms with E-state index >= 15 is 0 Å². The van der Waals surface area contributed by atoms with Gasteiger partial charge in [-0.2, -0.15) is 0 Å². The lowest BCUT2D eigenvalue weighted by Gasteiger charge is -2.17. The molecule has 1 heterocycles. The van der Waals surface area contributed by atoms with Gasteiger partial charge in [-0.1, -0.05) is 49.4 Å². The molecule has 4 nitrogen and oxygen atoms in total. The highest BCUT2D eigenvalue weighted by molar-refractivity contribution is 5.67. The Hall–Kier alpha value is -1.81. The van der Waals surface area contributed by atoms with Crippen molar-refractivity contribution in [1.29, 1.82) is 0 Å². The fourth-order valence-corrected chi connectivity index (χ4v) is 1.90. The van der Waals surface area contributed by atoms with E-state index in [1.54, 1.807) is 0 Å². The predicted molar refractivity (Wildman–Crippen MR) is 72.7 cm³/mol. The van der Waals surface area contributed by atoms with Gasteiger partial charge >= 0.3 is 6.09 Å². The standard InChI is InChI=1S/C15H19NO3/c1-12(14-8-5-9-18-14)10-16-15(17)19-11-13-6-3-2-4-7-13/h2-8,12,14H,9-11H2,1H3,(H,16,17)/t12-,14-/m0/s1. The molecule has 0 bridgehead atoms. The van der Waals surface area contributed by atoms with Crippen LogP contribution in [0.1, 0.15) is 12.5 Å². The molecule has 1 aromatic carbocycles. The zero-order valence-corrected chi connectivity index (χ0v) is 11.0. The Morgan fingerprint density at radius 3 is 2.95 bits per heavy atom. The van der Waals surface area contributed by atoms with Gasteiger partial charge in [0, 0.05) is 12.5 Å². The van der Waals surface area contributed by atoms with Crippen LogP contribution >= 0.6 is 0 Å². The van der Waals surface area contributed by atoms with Gasteiger partial charge in [-0.05, 0) is 5.56 Å². The number of nitrogens with one attached hydrogen (secondary N) is 1. The van der Waals surface area contributed by atoms with E-state index in [2.05, 4.69) is 5.32 Å². The molecular formula is C15H19NO3. The number of rotatable bonds is 5. The zero-order chi connectivity index (χ0) is 13.5. The highest BCUT2D eigenvalue weighted by Gasteiger charge is 2.18. The predicted octanol–water partition coefficient (Wildman–Crippen LogP) is 2.50. The van der Waals surface area contributed by atoms with Crippen LogP contribution in [0, 0.1) is 5.92 Å². The summed E-state index contributed by atoms with van der Waals surface area (Å²) >= 11 is 0. The van der Waals surface area contributed by atoms with Gasteiger partial charge in [0.15, 0.2) is 0 Å². The van der Waals surface area contributed by atoms with Gasteiger partial charge < -0.3 is 14.8 Å². The van der Waals surface area contributed by atoms with E-state index in [0.717, 1.165) is 5.56 Å². The van der Waals surface area contributed by atoms with Crippen LogP contribution in [-0.2, 0) is 16.1 Å². The van der Waals surface area contributed by atoms with Crippen LogP contribution in [0.2, 0.25) is 0 Å². The number of hydrogen-bond donors (Lipinski definition) is 1. The van der Waals surface area contributed by atoms with Gasteiger partial charge in [0.2, 0.25) is 0 Å². The molecule has 102 valence electrons. The van der Waals surface area contributed by atoms with E-state index < -0.39 is 6.09 Å². The van der Waals surface area contributed by atoms with Crippen molar-refractivity contribution < 1.29 is 14.3 Å². The van der Waals surface area contributed by atoms with Crippen molar-refractivity contribution in [3.05, 3.63) is 48.0 Å². The number of ether oxygens (including phenoxy) is 2. The van der Waals surface area contributed by atoms with Crippen LogP contribution < -0.4 is 5.32 Å². The molecule has 0 radical (unpaired) electrons. The molecule has 1 aliphatic rings. The van der Waals surface area contributed by atoms with Crippen molar-refractivity contribution >= 4 is 6.09 Å². The third kappa shape index (κ3) is 4.41. The van der Waals surface area contributed by atoms with Crippen molar-refractivity contribution in [2.75, 3.05) is 13.2 Å². The van der Waals surface area contributed by atoms with E-state index in [1.165, 1.54) is 0 Å². The quantitative estimate of drug-likeness (QED) is 0.828. The first-order chi connectivity index (χ1) is 9.25. The third-order valence-electron chi connectivity index (χ3n) is 3.05. The normalized spacial score (nSPS) is 19.1. The molecular weight excluding hydrogens is 242 g/mol. The summed E-state index contributed by atoms with van der Waals surface area (Å²) in [5, 5.41) is 2.75. The number of carbonyl (C=O) groups is 1. The molecule has 2 atom stereocenters. The molecule has 2 rings (SSSR count). The maximum Gasteiger partial charge on any atom is 0.407 e. The first-order valence-corrected chi connectivity index (χ1v) is 6.48. The van der Waals surface area contributed by atoms with Crippen molar-refractivity contribution in [3.8, 4) is 0 Å². The molecule has 19 heavy (non-hydrogen) atoms. The SMILES string of the molecule is C[C@@H](CNC(=O)OCc1ccccc1)[C@@H]1C=CCO1. The molecule has 0 spiro atoms.